The lowest BCUT2D eigenvalue weighted by atomic mass is 10.1. The maximum Gasteiger partial charge on any atom is 0.229 e. The molecule has 7 rings (SSSR count). The minimum absolute atomic E-state index is 0.149. The van der Waals surface area contributed by atoms with E-state index in [2.05, 4.69) is 50.1 Å². The molecule has 0 atom stereocenters. The number of para-hydroxylation sites is 1. The van der Waals surface area contributed by atoms with Gasteiger partial charge in [-0.3, -0.25) is 9.48 Å². The number of hydrogen-bond donors (Lipinski definition) is 2. The SMILES string of the molecule is CC(C)n1ncc2cnc(Nc3cc(N4CCCC4)nc(N4CCN(C(=O)Cc5c[nH]c6ccccc56)CC4)n3)cc21. The number of carbonyl (C=O) groups excluding carboxylic acids is 1. The number of hydrogen-bond acceptors (Lipinski definition) is 8. The second-order valence-electron chi connectivity index (χ2n) is 11.4. The average Bonchev–Trinajstić information content (AvgIpc) is 3.78. The highest BCUT2D eigenvalue weighted by atomic mass is 16.2. The van der Waals surface area contributed by atoms with E-state index in [1.54, 1.807) is 0 Å². The van der Waals surface area contributed by atoms with Crippen LogP contribution in [0.5, 0.6) is 0 Å². The number of rotatable bonds is 7. The Kier molecular flexibility index (Phi) is 6.85. The summed E-state index contributed by atoms with van der Waals surface area (Å²) < 4.78 is 2.00. The van der Waals surface area contributed by atoms with Gasteiger partial charge in [0.05, 0.1) is 18.1 Å². The van der Waals surface area contributed by atoms with E-state index in [-0.39, 0.29) is 11.9 Å². The molecule has 1 amide bonds. The second kappa shape index (κ2) is 11.0. The van der Waals surface area contributed by atoms with Gasteiger partial charge in [-0.1, -0.05) is 18.2 Å². The maximum absolute atomic E-state index is 13.2. The molecule has 0 spiro atoms. The van der Waals surface area contributed by atoms with Gasteiger partial charge in [0, 0.05) is 86.1 Å². The Bertz CT molecular complexity index is 1730. The quantitative estimate of drug-likeness (QED) is 0.297. The summed E-state index contributed by atoms with van der Waals surface area (Å²) in [6.45, 7) is 8.86. The van der Waals surface area contributed by atoms with E-state index in [4.69, 9.17) is 9.97 Å². The van der Waals surface area contributed by atoms with Crippen LogP contribution in [0.1, 0.15) is 38.3 Å². The van der Waals surface area contributed by atoms with E-state index in [0.717, 1.165) is 64.9 Å². The van der Waals surface area contributed by atoms with Gasteiger partial charge in [-0.15, -0.1) is 0 Å². The van der Waals surface area contributed by atoms with Crippen molar-refractivity contribution in [3.63, 3.8) is 0 Å². The molecule has 0 bridgehead atoms. The fraction of sp³-hybridized carbons (Fsp3) is 0.387. The van der Waals surface area contributed by atoms with Gasteiger partial charge in [0.2, 0.25) is 11.9 Å². The summed E-state index contributed by atoms with van der Waals surface area (Å²) in [5.74, 6) is 3.18. The molecule has 2 saturated heterocycles. The number of amides is 1. The summed E-state index contributed by atoms with van der Waals surface area (Å²) in [5, 5.41) is 10.1. The Labute approximate surface area is 244 Å². The second-order valence-corrected chi connectivity index (χ2v) is 11.4. The Morgan fingerprint density at radius 2 is 1.76 bits per heavy atom. The van der Waals surface area contributed by atoms with Gasteiger partial charge in [0.15, 0.2) is 0 Å². The predicted molar refractivity (Wildman–Crippen MR) is 165 cm³/mol. The van der Waals surface area contributed by atoms with Crippen molar-refractivity contribution in [1.82, 2.24) is 34.6 Å². The van der Waals surface area contributed by atoms with E-state index in [0.29, 0.717) is 44.4 Å². The van der Waals surface area contributed by atoms with E-state index in [1.165, 1.54) is 0 Å². The van der Waals surface area contributed by atoms with Crippen molar-refractivity contribution in [2.24, 2.45) is 0 Å². The number of anilines is 4. The fourth-order valence-corrected chi connectivity index (χ4v) is 6.00. The topological polar surface area (TPSA) is 111 Å². The van der Waals surface area contributed by atoms with Crippen molar-refractivity contribution in [3.8, 4) is 0 Å². The Hall–Kier alpha value is -4.67. The zero-order valence-corrected chi connectivity index (χ0v) is 24.1. The summed E-state index contributed by atoms with van der Waals surface area (Å²) in [6.07, 6.45) is 8.37. The number of H-pyrrole nitrogens is 1. The third kappa shape index (κ3) is 5.10. The van der Waals surface area contributed by atoms with Crippen molar-refractivity contribution < 1.29 is 4.79 Å². The van der Waals surface area contributed by atoms with Crippen LogP contribution in [0, 0.1) is 0 Å². The standard InChI is InChI=1S/C31H36N10O/c1-21(2)41-26-16-27(33-19-23(26)20-34-41)35-28-17-29(38-9-5-6-10-38)37-31(36-28)40-13-11-39(12-14-40)30(42)15-22-18-32-25-8-4-3-7-24(22)25/h3-4,7-8,16-21,32H,5-6,9-15H2,1-2H3,(H,33,35,36,37). The molecule has 5 aromatic rings. The van der Waals surface area contributed by atoms with E-state index < -0.39 is 0 Å². The lowest BCUT2D eigenvalue weighted by molar-refractivity contribution is -0.130. The first-order valence-electron chi connectivity index (χ1n) is 14.8. The molecule has 11 heteroatoms. The summed E-state index contributed by atoms with van der Waals surface area (Å²) >= 11 is 0. The zero-order chi connectivity index (χ0) is 28.6. The van der Waals surface area contributed by atoms with Crippen LogP contribution < -0.4 is 15.1 Å². The molecule has 42 heavy (non-hydrogen) atoms. The minimum Gasteiger partial charge on any atom is -0.361 e. The maximum atomic E-state index is 13.2. The summed E-state index contributed by atoms with van der Waals surface area (Å²) in [6, 6.07) is 12.4. The van der Waals surface area contributed by atoms with Gasteiger partial charge < -0.3 is 25.0 Å². The monoisotopic (exact) mass is 564 g/mol. The minimum atomic E-state index is 0.149. The van der Waals surface area contributed by atoms with Crippen LogP contribution in [0.2, 0.25) is 0 Å². The molecule has 1 aromatic carbocycles. The molecule has 216 valence electrons. The number of pyridine rings is 1. The highest BCUT2D eigenvalue weighted by Crippen LogP contribution is 2.27. The van der Waals surface area contributed by atoms with Gasteiger partial charge in [-0.2, -0.15) is 15.1 Å². The molecule has 2 aliphatic heterocycles. The Balaban J connectivity index is 1.09. The first kappa shape index (κ1) is 26.2. The largest absolute Gasteiger partial charge is 0.361 e. The zero-order valence-electron chi connectivity index (χ0n) is 24.1. The number of carbonyl (C=O) groups is 1. The molecular formula is C31H36N10O. The lowest BCUT2D eigenvalue weighted by Gasteiger charge is -2.35. The van der Waals surface area contributed by atoms with Crippen molar-refractivity contribution >= 4 is 51.1 Å². The normalized spacial score (nSPS) is 15.8. The summed E-state index contributed by atoms with van der Waals surface area (Å²) in [4.78, 5) is 37.5. The molecule has 0 unspecified atom stereocenters. The number of aromatic nitrogens is 6. The van der Waals surface area contributed by atoms with Crippen LogP contribution in [0.3, 0.4) is 0 Å². The molecule has 2 fully saturated rings. The van der Waals surface area contributed by atoms with Gasteiger partial charge in [-0.25, -0.2) is 4.98 Å². The van der Waals surface area contributed by atoms with Crippen molar-refractivity contribution in [3.05, 3.63) is 60.6 Å². The summed E-state index contributed by atoms with van der Waals surface area (Å²) in [7, 11) is 0. The molecule has 6 heterocycles. The molecule has 0 saturated carbocycles. The molecule has 4 aromatic heterocycles. The van der Waals surface area contributed by atoms with Crippen LogP contribution in [0.25, 0.3) is 21.8 Å². The van der Waals surface area contributed by atoms with Crippen LogP contribution in [-0.4, -0.2) is 79.8 Å². The molecule has 2 N–H and O–H groups in total. The van der Waals surface area contributed by atoms with Gasteiger partial charge in [0.1, 0.15) is 17.5 Å². The van der Waals surface area contributed by atoms with Crippen molar-refractivity contribution in [1.29, 1.82) is 0 Å². The van der Waals surface area contributed by atoms with E-state index in [1.807, 2.05) is 58.5 Å². The highest BCUT2D eigenvalue weighted by molar-refractivity contribution is 5.89. The number of nitrogens with one attached hydrogen (secondary N) is 2. The number of nitrogens with zero attached hydrogens (tertiary/aromatic N) is 8. The predicted octanol–water partition coefficient (Wildman–Crippen LogP) is 4.52. The van der Waals surface area contributed by atoms with Gasteiger partial charge >= 0.3 is 0 Å². The van der Waals surface area contributed by atoms with Crippen LogP contribution in [0.15, 0.2) is 55.0 Å². The van der Waals surface area contributed by atoms with E-state index >= 15 is 0 Å². The Morgan fingerprint density at radius 3 is 2.57 bits per heavy atom. The Morgan fingerprint density at radius 1 is 0.952 bits per heavy atom. The molecule has 0 aliphatic carbocycles. The first-order valence-corrected chi connectivity index (χ1v) is 14.8. The molecule has 11 nitrogen and oxygen atoms in total. The highest BCUT2D eigenvalue weighted by Gasteiger charge is 2.25. The first-order chi connectivity index (χ1) is 20.5. The fourth-order valence-electron chi connectivity index (χ4n) is 6.00. The number of fused-ring (bicyclic) bond motifs is 2. The smallest absolute Gasteiger partial charge is 0.229 e. The molecule has 0 radical (unpaired) electrons. The van der Waals surface area contributed by atoms with Crippen LogP contribution in [-0.2, 0) is 11.2 Å². The van der Waals surface area contributed by atoms with E-state index in [9.17, 15) is 4.79 Å². The third-order valence-electron chi connectivity index (χ3n) is 8.29. The summed E-state index contributed by atoms with van der Waals surface area (Å²) in [5.41, 5.74) is 3.13. The van der Waals surface area contributed by atoms with Crippen LogP contribution >= 0.6 is 0 Å². The number of benzene rings is 1. The lowest BCUT2D eigenvalue weighted by Crippen LogP contribution is -2.49. The number of piperazine rings is 1. The van der Waals surface area contributed by atoms with Gasteiger partial charge in [-0.05, 0) is 38.3 Å². The number of aromatic amines is 1. The van der Waals surface area contributed by atoms with Gasteiger partial charge in [0.25, 0.3) is 0 Å². The molecular weight excluding hydrogens is 528 g/mol. The average molecular weight is 565 g/mol. The van der Waals surface area contributed by atoms with Crippen molar-refractivity contribution in [2.75, 3.05) is 54.4 Å². The third-order valence-corrected chi connectivity index (χ3v) is 8.29. The van der Waals surface area contributed by atoms with Crippen LogP contribution in [0.4, 0.5) is 23.4 Å². The molecule has 2 aliphatic rings. The van der Waals surface area contributed by atoms with Crippen molar-refractivity contribution in [2.45, 2.75) is 39.2 Å².